The summed E-state index contributed by atoms with van der Waals surface area (Å²) in [6.07, 6.45) is 1.94. The molecule has 1 aliphatic heterocycles. The zero-order chi connectivity index (χ0) is 21.3. The van der Waals surface area contributed by atoms with Crippen LogP contribution in [0, 0.1) is 62.5 Å². The van der Waals surface area contributed by atoms with Crippen LogP contribution in [0.15, 0.2) is 29.8 Å². The summed E-state index contributed by atoms with van der Waals surface area (Å²) in [7, 11) is 1.46. The van der Waals surface area contributed by atoms with Gasteiger partial charge in [-0.3, -0.25) is 0 Å². The first-order valence-corrected chi connectivity index (χ1v) is 9.53. The number of halogens is 1. The van der Waals surface area contributed by atoms with E-state index in [1.807, 2.05) is 18.2 Å². The molecule has 0 radical (unpaired) electrons. The van der Waals surface area contributed by atoms with Crippen LogP contribution in [0.4, 0.5) is 4.39 Å². The van der Waals surface area contributed by atoms with Crippen molar-refractivity contribution >= 4 is 5.71 Å². The van der Waals surface area contributed by atoms with Crippen LogP contribution in [0.25, 0.3) is 0 Å². The third-order valence-electron chi connectivity index (χ3n) is 6.26. The van der Waals surface area contributed by atoms with Crippen LogP contribution in [-0.2, 0) is 0 Å². The summed E-state index contributed by atoms with van der Waals surface area (Å²) in [5.41, 5.74) is -1.30. The number of rotatable bonds is 3. The maximum absolute atomic E-state index is 15.0. The first kappa shape index (κ1) is 20.5. The second-order valence-corrected chi connectivity index (χ2v) is 7.90. The second kappa shape index (κ2) is 7.66. The first-order chi connectivity index (χ1) is 13.8. The molecule has 0 spiro atoms. The zero-order valence-corrected chi connectivity index (χ0v) is 16.7. The number of hydrogen-bond donors (Lipinski definition) is 2. The van der Waals surface area contributed by atoms with Gasteiger partial charge in [0, 0.05) is 11.8 Å². The Bertz CT molecular complexity index is 980. The van der Waals surface area contributed by atoms with Crippen molar-refractivity contribution in [2.45, 2.75) is 25.8 Å². The van der Waals surface area contributed by atoms with Gasteiger partial charge in [0.2, 0.25) is 0 Å². The summed E-state index contributed by atoms with van der Waals surface area (Å²) in [5, 5.41) is 38.4. The minimum Gasteiger partial charge on any atom is -0.497 e. The van der Waals surface area contributed by atoms with E-state index < -0.39 is 29.0 Å². The summed E-state index contributed by atoms with van der Waals surface area (Å²) in [6, 6.07) is 10.6. The van der Waals surface area contributed by atoms with Gasteiger partial charge in [-0.15, -0.1) is 0 Å². The van der Waals surface area contributed by atoms with E-state index in [4.69, 9.17) is 10.1 Å². The van der Waals surface area contributed by atoms with Crippen LogP contribution in [0.3, 0.4) is 0 Å². The molecule has 2 unspecified atom stereocenters. The van der Waals surface area contributed by atoms with Crippen LogP contribution in [0.2, 0.25) is 0 Å². The van der Waals surface area contributed by atoms with E-state index in [9.17, 15) is 20.2 Å². The van der Waals surface area contributed by atoms with E-state index in [-0.39, 0.29) is 17.3 Å². The van der Waals surface area contributed by atoms with Gasteiger partial charge >= 0.3 is 0 Å². The lowest BCUT2D eigenvalue weighted by atomic mass is 9.54. The van der Waals surface area contributed by atoms with E-state index in [1.54, 1.807) is 0 Å². The summed E-state index contributed by atoms with van der Waals surface area (Å²) in [6.45, 7) is 5.39. The molecule has 6 nitrogen and oxygen atoms in total. The number of quaternary nitrogens is 1. The Morgan fingerprint density at radius 2 is 1.97 bits per heavy atom. The van der Waals surface area contributed by atoms with E-state index in [2.05, 4.69) is 19.9 Å². The van der Waals surface area contributed by atoms with Crippen LogP contribution in [0.1, 0.15) is 25.3 Å². The number of ether oxygens (including phenoxy) is 1. The Morgan fingerprint density at radius 1 is 1.28 bits per heavy atom. The van der Waals surface area contributed by atoms with Crippen molar-refractivity contribution in [1.29, 1.82) is 21.2 Å². The third-order valence-corrected chi connectivity index (χ3v) is 6.26. The highest BCUT2D eigenvalue weighted by Gasteiger charge is 2.59. The molecular weight excluding hydrogens is 369 g/mol. The van der Waals surface area contributed by atoms with Gasteiger partial charge in [-0.05, 0) is 49.3 Å². The van der Waals surface area contributed by atoms with E-state index in [0.717, 1.165) is 5.57 Å². The van der Waals surface area contributed by atoms with Gasteiger partial charge in [-0.1, -0.05) is 0 Å². The molecule has 3 rings (SSSR count). The molecule has 2 N–H and O–H groups in total. The minimum absolute atomic E-state index is 0.175. The number of fused-ring (bicyclic) bond motifs is 1. The molecular formula is C22H23FN5O+. The van der Waals surface area contributed by atoms with Crippen LogP contribution in [0.5, 0.6) is 5.75 Å². The number of nitrogens with one attached hydrogen (secondary N) is 2. The Hall–Kier alpha value is -3.21. The fourth-order valence-electron chi connectivity index (χ4n) is 4.62. The highest BCUT2D eigenvalue weighted by atomic mass is 19.1. The van der Waals surface area contributed by atoms with Crippen LogP contribution >= 0.6 is 0 Å². The SMILES string of the molecule is COc1ccc(F)c([C@@H]2[C@H]3C[NH+](C(C)C)CC=C3C(C#N)C(=N)C2(C#N)C#N)c1. The van der Waals surface area contributed by atoms with Gasteiger partial charge in [0.1, 0.15) is 17.5 Å². The summed E-state index contributed by atoms with van der Waals surface area (Å²) < 4.78 is 20.2. The summed E-state index contributed by atoms with van der Waals surface area (Å²) in [5.74, 6) is -2.39. The van der Waals surface area contributed by atoms with E-state index in [1.165, 1.54) is 30.2 Å². The van der Waals surface area contributed by atoms with Crippen molar-refractivity contribution < 1.29 is 14.0 Å². The van der Waals surface area contributed by atoms with Crippen molar-refractivity contribution in [3.63, 3.8) is 0 Å². The number of hydrogen-bond acceptors (Lipinski definition) is 5. The van der Waals surface area contributed by atoms with Crippen molar-refractivity contribution in [3.05, 3.63) is 41.2 Å². The lowest BCUT2D eigenvalue weighted by Gasteiger charge is -2.47. The Morgan fingerprint density at radius 3 is 2.52 bits per heavy atom. The topological polar surface area (TPSA) is 109 Å². The van der Waals surface area contributed by atoms with Gasteiger partial charge in [-0.25, -0.2) is 4.39 Å². The molecule has 148 valence electrons. The Kier molecular flexibility index (Phi) is 5.42. The largest absolute Gasteiger partial charge is 0.497 e. The number of nitrogens with zero attached hydrogens (tertiary/aromatic N) is 3. The highest BCUT2D eigenvalue weighted by molar-refractivity contribution is 6.00. The molecule has 1 aliphatic carbocycles. The van der Waals surface area contributed by atoms with Crippen LogP contribution in [-0.4, -0.2) is 32.0 Å². The van der Waals surface area contributed by atoms with Gasteiger partial charge in [0.25, 0.3) is 0 Å². The van der Waals surface area contributed by atoms with Gasteiger partial charge in [0.05, 0.1) is 50.2 Å². The van der Waals surface area contributed by atoms with E-state index >= 15 is 0 Å². The molecule has 7 heteroatoms. The molecule has 29 heavy (non-hydrogen) atoms. The molecule has 1 aromatic rings. The fourth-order valence-corrected chi connectivity index (χ4v) is 4.62. The normalized spacial score (nSPS) is 27.8. The summed E-state index contributed by atoms with van der Waals surface area (Å²) in [4.78, 5) is 1.22. The molecule has 1 heterocycles. The highest BCUT2D eigenvalue weighted by Crippen LogP contribution is 2.53. The van der Waals surface area contributed by atoms with Gasteiger partial charge in [0.15, 0.2) is 5.41 Å². The molecule has 0 bridgehead atoms. The smallest absolute Gasteiger partial charge is 0.190 e. The lowest BCUT2D eigenvalue weighted by molar-refractivity contribution is -0.920. The van der Waals surface area contributed by atoms with Gasteiger partial charge in [-0.2, -0.15) is 15.8 Å². The van der Waals surface area contributed by atoms with Crippen molar-refractivity contribution in [2.75, 3.05) is 20.2 Å². The first-order valence-electron chi connectivity index (χ1n) is 9.53. The van der Waals surface area contributed by atoms with Gasteiger partial charge < -0.3 is 15.0 Å². The molecule has 0 amide bonds. The standard InChI is InChI=1S/C22H22FN5O/c1-13(2)28-7-6-15-17(9-24)21(27)22(11-25,12-26)20(18(15)10-28)16-8-14(29-3)4-5-19(16)23/h4-6,8,13,17-18,20,27H,7,10H2,1-3H3/p+1/t17?,18-,20+/m0/s1. The maximum Gasteiger partial charge on any atom is 0.190 e. The zero-order valence-electron chi connectivity index (χ0n) is 16.7. The quantitative estimate of drug-likeness (QED) is 0.767. The number of benzene rings is 1. The fraction of sp³-hybridized carbons (Fsp3) is 0.455. The second-order valence-electron chi connectivity index (χ2n) is 7.90. The molecule has 1 aromatic carbocycles. The molecule has 0 saturated heterocycles. The predicted octanol–water partition coefficient (Wildman–Crippen LogP) is 1.97. The average Bonchev–Trinajstić information content (AvgIpc) is 2.73. The molecule has 1 saturated carbocycles. The van der Waals surface area contributed by atoms with Crippen molar-refractivity contribution in [1.82, 2.24) is 0 Å². The number of nitriles is 3. The Balaban J connectivity index is 2.30. The van der Waals surface area contributed by atoms with E-state index in [0.29, 0.717) is 18.8 Å². The van der Waals surface area contributed by atoms with Crippen molar-refractivity contribution in [2.24, 2.45) is 17.3 Å². The third kappa shape index (κ3) is 3.07. The average molecular weight is 392 g/mol. The monoisotopic (exact) mass is 392 g/mol. The lowest BCUT2D eigenvalue weighted by Crippen LogP contribution is -3.16. The van der Waals surface area contributed by atoms with Crippen molar-refractivity contribution in [3.8, 4) is 24.0 Å². The maximum atomic E-state index is 15.0. The predicted molar refractivity (Wildman–Crippen MR) is 104 cm³/mol. The summed E-state index contributed by atoms with van der Waals surface area (Å²) >= 11 is 0. The Labute approximate surface area is 169 Å². The molecule has 4 atom stereocenters. The minimum atomic E-state index is -1.92. The number of methoxy groups -OCH3 is 1. The molecule has 0 aromatic heterocycles. The molecule has 2 aliphatic rings. The van der Waals surface area contributed by atoms with Crippen LogP contribution < -0.4 is 9.64 Å². The molecule has 1 fully saturated rings.